The number of para-hydroxylation sites is 1. The average Bonchev–Trinajstić information content (AvgIpc) is 3.37. The highest BCUT2D eigenvalue weighted by Crippen LogP contribution is 2.37. The third kappa shape index (κ3) is 3.29. The summed E-state index contributed by atoms with van der Waals surface area (Å²) >= 11 is 0. The van der Waals surface area contributed by atoms with Crippen LogP contribution in [0.2, 0.25) is 0 Å². The fourth-order valence-electron chi connectivity index (χ4n) is 3.94. The molecule has 6 heteroatoms. The van der Waals surface area contributed by atoms with Crippen LogP contribution >= 0.6 is 0 Å². The lowest BCUT2D eigenvalue weighted by Gasteiger charge is -2.35. The van der Waals surface area contributed by atoms with E-state index in [2.05, 4.69) is 17.1 Å². The van der Waals surface area contributed by atoms with E-state index in [1.54, 1.807) is 9.80 Å². The lowest BCUT2D eigenvalue weighted by Crippen LogP contribution is -2.53. The molecule has 0 spiro atoms. The maximum Gasteiger partial charge on any atom is 0.254 e. The Bertz CT molecular complexity index is 1040. The average molecular weight is 389 g/mol. The van der Waals surface area contributed by atoms with E-state index in [0.29, 0.717) is 44.6 Å². The van der Waals surface area contributed by atoms with Crippen LogP contribution in [-0.2, 0) is 4.79 Å². The number of H-pyrrole nitrogens is 1. The van der Waals surface area contributed by atoms with Gasteiger partial charge in [0.2, 0.25) is 0 Å². The molecule has 0 atom stereocenters. The largest absolute Gasteiger partial charge is 0.380 e. The van der Waals surface area contributed by atoms with Gasteiger partial charge in [0.1, 0.15) is 5.60 Å². The van der Waals surface area contributed by atoms with Gasteiger partial charge in [0.25, 0.3) is 11.8 Å². The van der Waals surface area contributed by atoms with Crippen molar-refractivity contribution in [1.29, 1.82) is 0 Å². The van der Waals surface area contributed by atoms with Gasteiger partial charge >= 0.3 is 0 Å². The summed E-state index contributed by atoms with van der Waals surface area (Å²) in [7, 11) is 0. The van der Waals surface area contributed by atoms with Gasteiger partial charge in [0.15, 0.2) is 0 Å². The Kier molecular flexibility index (Phi) is 4.17. The minimum Gasteiger partial charge on any atom is -0.380 e. The number of carbonyl (C=O) groups excluding carboxylic acids is 2. The molecular formula is C23H23N3O3. The number of aliphatic hydroxyl groups is 1. The Balaban J connectivity index is 1.25. The van der Waals surface area contributed by atoms with Crippen molar-refractivity contribution in [2.45, 2.75) is 18.4 Å². The second kappa shape index (κ2) is 6.74. The van der Waals surface area contributed by atoms with Crippen molar-refractivity contribution in [3.05, 3.63) is 60.2 Å². The van der Waals surface area contributed by atoms with Gasteiger partial charge in [0, 0.05) is 48.3 Å². The lowest BCUT2D eigenvalue weighted by atomic mass is 10.1. The standard InChI is InChI=1S/C23H23N3O3/c27-21(25-11-13-26(14-12-25)22(28)23(29)9-10-23)17-7-5-16(6-8-17)20-15-18-3-1-2-4-19(18)24-20/h1-8,15,24,29H,9-14H2. The molecule has 2 aromatic carbocycles. The number of fused-ring (bicyclic) bond motifs is 1. The molecule has 5 rings (SSSR count). The summed E-state index contributed by atoms with van der Waals surface area (Å²) in [6.07, 6.45) is 1.10. The lowest BCUT2D eigenvalue weighted by molar-refractivity contribution is -0.143. The number of hydrogen-bond acceptors (Lipinski definition) is 3. The Morgan fingerprint density at radius 1 is 0.897 bits per heavy atom. The van der Waals surface area contributed by atoms with Crippen LogP contribution in [0.5, 0.6) is 0 Å². The number of aromatic amines is 1. The van der Waals surface area contributed by atoms with E-state index >= 15 is 0 Å². The van der Waals surface area contributed by atoms with Crippen LogP contribution in [0.4, 0.5) is 0 Å². The number of nitrogens with one attached hydrogen (secondary N) is 1. The van der Waals surface area contributed by atoms with Crippen LogP contribution in [-0.4, -0.2) is 63.5 Å². The maximum absolute atomic E-state index is 12.8. The number of aromatic nitrogens is 1. The monoisotopic (exact) mass is 389 g/mol. The van der Waals surface area contributed by atoms with Crippen molar-refractivity contribution >= 4 is 22.7 Å². The molecule has 2 amide bonds. The molecule has 0 radical (unpaired) electrons. The number of hydrogen-bond donors (Lipinski definition) is 2. The van der Waals surface area contributed by atoms with Crippen LogP contribution in [0.25, 0.3) is 22.2 Å². The van der Waals surface area contributed by atoms with E-state index in [4.69, 9.17) is 0 Å². The van der Waals surface area contributed by atoms with Crippen molar-refractivity contribution in [3.8, 4) is 11.3 Å². The van der Waals surface area contributed by atoms with E-state index in [-0.39, 0.29) is 11.8 Å². The fourth-order valence-corrected chi connectivity index (χ4v) is 3.94. The van der Waals surface area contributed by atoms with Crippen molar-refractivity contribution in [2.24, 2.45) is 0 Å². The molecule has 2 aliphatic rings. The molecule has 0 unspecified atom stereocenters. The van der Waals surface area contributed by atoms with Crippen LogP contribution < -0.4 is 0 Å². The van der Waals surface area contributed by atoms with Crippen molar-refractivity contribution in [3.63, 3.8) is 0 Å². The fraction of sp³-hybridized carbons (Fsp3) is 0.304. The van der Waals surface area contributed by atoms with Crippen LogP contribution in [0, 0.1) is 0 Å². The summed E-state index contributed by atoms with van der Waals surface area (Å²) < 4.78 is 0. The molecule has 3 aromatic rings. The molecule has 1 aromatic heterocycles. The SMILES string of the molecule is O=C(c1ccc(-c2cc3ccccc3[nH]2)cc1)N1CCN(C(=O)C2(O)CC2)CC1. The number of carbonyl (C=O) groups is 2. The number of nitrogens with zero attached hydrogens (tertiary/aromatic N) is 2. The number of amides is 2. The quantitative estimate of drug-likeness (QED) is 0.723. The smallest absolute Gasteiger partial charge is 0.254 e. The molecule has 2 heterocycles. The van der Waals surface area contributed by atoms with Crippen molar-refractivity contribution in [1.82, 2.24) is 14.8 Å². The molecule has 148 valence electrons. The van der Waals surface area contributed by atoms with E-state index < -0.39 is 5.60 Å². The molecule has 2 N–H and O–H groups in total. The molecule has 1 saturated heterocycles. The number of benzene rings is 2. The van der Waals surface area contributed by atoms with Gasteiger partial charge in [-0.1, -0.05) is 30.3 Å². The van der Waals surface area contributed by atoms with Gasteiger partial charge in [-0.2, -0.15) is 0 Å². The number of rotatable bonds is 3. The first-order valence-corrected chi connectivity index (χ1v) is 10.0. The Morgan fingerprint density at radius 2 is 1.55 bits per heavy atom. The molecule has 2 fully saturated rings. The van der Waals surface area contributed by atoms with Crippen LogP contribution in [0.15, 0.2) is 54.6 Å². The second-order valence-electron chi connectivity index (χ2n) is 7.96. The second-order valence-corrected chi connectivity index (χ2v) is 7.96. The summed E-state index contributed by atoms with van der Waals surface area (Å²) in [5, 5.41) is 11.2. The van der Waals surface area contributed by atoms with Gasteiger partial charge in [-0.05, 0) is 42.7 Å². The van der Waals surface area contributed by atoms with E-state index in [1.807, 2.05) is 42.5 Å². The van der Waals surface area contributed by atoms with Gasteiger partial charge < -0.3 is 19.9 Å². The highest BCUT2D eigenvalue weighted by atomic mass is 16.3. The first kappa shape index (κ1) is 17.9. The van der Waals surface area contributed by atoms with Crippen molar-refractivity contribution in [2.75, 3.05) is 26.2 Å². The van der Waals surface area contributed by atoms with E-state index in [9.17, 15) is 14.7 Å². The molecule has 1 aliphatic heterocycles. The predicted molar refractivity (Wildman–Crippen MR) is 110 cm³/mol. The maximum atomic E-state index is 12.8. The van der Waals surface area contributed by atoms with Gasteiger partial charge in [-0.3, -0.25) is 9.59 Å². The Hall–Kier alpha value is -3.12. The predicted octanol–water partition coefficient (Wildman–Crippen LogP) is 2.64. The molecular weight excluding hydrogens is 366 g/mol. The summed E-state index contributed by atoms with van der Waals surface area (Å²) in [4.78, 5) is 31.9. The zero-order chi connectivity index (χ0) is 20.0. The van der Waals surface area contributed by atoms with Crippen LogP contribution in [0.1, 0.15) is 23.2 Å². The zero-order valence-electron chi connectivity index (χ0n) is 16.1. The van der Waals surface area contributed by atoms with Crippen LogP contribution in [0.3, 0.4) is 0 Å². The topological polar surface area (TPSA) is 76.6 Å². The third-order valence-electron chi connectivity index (χ3n) is 5.95. The molecule has 29 heavy (non-hydrogen) atoms. The molecule has 1 saturated carbocycles. The Labute approximate surface area is 168 Å². The van der Waals surface area contributed by atoms with E-state index in [0.717, 1.165) is 22.2 Å². The number of piperazine rings is 1. The molecule has 6 nitrogen and oxygen atoms in total. The summed E-state index contributed by atoms with van der Waals surface area (Å²) in [5.41, 5.74) is 2.66. The summed E-state index contributed by atoms with van der Waals surface area (Å²) in [6.45, 7) is 1.93. The van der Waals surface area contributed by atoms with Gasteiger partial charge in [-0.15, -0.1) is 0 Å². The highest BCUT2D eigenvalue weighted by Gasteiger charge is 2.50. The molecule has 1 aliphatic carbocycles. The molecule has 0 bridgehead atoms. The van der Waals surface area contributed by atoms with Gasteiger partial charge in [-0.25, -0.2) is 0 Å². The summed E-state index contributed by atoms with van der Waals surface area (Å²) in [5.74, 6) is -0.210. The zero-order valence-corrected chi connectivity index (χ0v) is 16.1. The van der Waals surface area contributed by atoms with Crippen molar-refractivity contribution < 1.29 is 14.7 Å². The third-order valence-corrected chi connectivity index (χ3v) is 5.95. The summed E-state index contributed by atoms with van der Waals surface area (Å²) in [6, 6.07) is 17.9. The highest BCUT2D eigenvalue weighted by molar-refractivity contribution is 5.95. The Morgan fingerprint density at radius 3 is 2.21 bits per heavy atom. The normalized spacial score (nSPS) is 18.1. The van der Waals surface area contributed by atoms with Gasteiger partial charge in [0.05, 0.1) is 0 Å². The minimum absolute atomic E-state index is 0.0228. The minimum atomic E-state index is -1.13. The first-order valence-electron chi connectivity index (χ1n) is 10.0. The van der Waals surface area contributed by atoms with E-state index in [1.165, 1.54) is 0 Å². The first-order chi connectivity index (χ1) is 14.0.